The first-order valence-electron chi connectivity index (χ1n) is 6.07. The van der Waals surface area contributed by atoms with Crippen LogP contribution in [0.15, 0.2) is 34.9 Å². The molecule has 5 heteroatoms. The molecule has 0 aliphatic carbocycles. The van der Waals surface area contributed by atoms with Crippen LogP contribution < -0.4 is 0 Å². The molecule has 0 saturated carbocycles. The van der Waals surface area contributed by atoms with Crippen molar-refractivity contribution in [2.24, 2.45) is 0 Å². The Hall–Kier alpha value is -1.03. The highest BCUT2D eigenvalue weighted by Gasteiger charge is 2.15. The Bertz CT molecular complexity index is 801. The number of halogens is 3. The summed E-state index contributed by atoms with van der Waals surface area (Å²) < 4.78 is 2.81. The third-order valence-corrected chi connectivity index (χ3v) is 4.25. The number of benzene rings is 1. The van der Waals surface area contributed by atoms with Gasteiger partial charge in [0.1, 0.15) is 5.65 Å². The minimum atomic E-state index is 0.588. The Balaban J connectivity index is 2.38. The van der Waals surface area contributed by atoms with E-state index in [9.17, 15) is 0 Å². The number of fused-ring (bicyclic) bond motifs is 1. The second kappa shape index (κ2) is 5.06. The first-order valence-corrected chi connectivity index (χ1v) is 7.62. The number of hydrogen-bond acceptors (Lipinski definition) is 1. The second-order valence-corrected chi connectivity index (χ2v) is 6.45. The molecule has 1 aromatic carbocycles. The molecular weight excluding hydrogens is 359 g/mol. The maximum absolute atomic E-state index is 6.36. The zero-order valence-electron chi connectivity index (χ0n) is 10.9. The van der Waals surface area contributed by atoms with Crippen LogP contribution in [0.4, 0.5) is 0 Å². The summed E-state index contributed by atoms with van der Waals surface area (Å²) in [5.41, 5.74) is 3.73. The van der Waals surface area contributed by atoms with Gasteiger partial charge in [-0.05, 0) is 43.7 Å². The lowest BCUT2D eigenvalue weighted by atomic mass is 10.2. The van der Waals surface area contributed by atoms with Crippen LogP contribution in [0, 0.1) is 13.8 Å². The van der Waals surface area contributed by atoms with Gasteiger partial charge in [0.05, 0.1) is 15.7 Å². The van der Waals surface area contributed by atoms with Gasteiger partial charge in [0, 0.05) is 21.7 Å². The SMILES string of the molecule is Cc1ccc2c(C)cn(-c3c(Cl)cc(Br)cc3Cl)c2n1. The molecule has 0 fully saturated rings. The van der Waals surface area contributed by atoms with Gasteiger partial charge in [-0.2, -0.15) is 0 Å². The molecule has 0 N–H and O–H groups in total. The predicted molar refractivity (Wildman–Crippen MR) is 88.3 cm³/mol. The molecule has 0 atom stereocenters. The summed E-state index contributed by atoms with van der Waals surface area (Å²) in [4.78, 5) is 4.61. The quantitative estimate of drug-likeness (QED) is 0.537. The van der Waals surface area contributed by atoms with Crippen molar-refractivity contribution in [3.8, 4) is 5.69 Å². The van der Waals surface area contributed by atoms with E-state index in [1.807, 2.05) is 35.9 Å². The molecule has 2 heterocycles. The molecule has 3 aromatic rings. The van der Waals surface area contributed by atoms with Crippen molar-refractivity contribution in [2.75, 3.05) is 0 Å². The monoisotopic (exact) mass is 368 g/mol. The molecule has 2 nitrogen and oxygen atoms in total. The highest BCUT2D eigenvalue weighted by atomic mass is 79.9. The average Bonchev–Trinajstić information content (AvgIpc) is 2.65. The van der Waals surface area contributed by atoms with E-state index in [0.29, 0.717) is 10.0 Å². The lowest BCUT2D eigenvalue weighted by Gasteiger charge is -2.10. The Morgan fingerprint density at radius 3 is 2.40 bits per heavy atom. The topological polar surface area (TPSA) is 17.8 Å². The van der Waals surface area contributed by atoms with Gasteiger partial charge in [-0.15, -0.1) is 0 Å². The highest BCUT2D eigenvalue weighted by molar-refractivity contribution is 9.10. The molecule has 0 bridgehead atoms. The number of aryl methyl sites for hydroxylation is 2. The molecule has 0 aliphatic rings. The summed E-state index contributed by atoms with van der Waals surface area (Å²) in [5, 5.41) is 2.28. The molecule has 0 amide bonds. The summed E-state index contributed by atoms with van der Waals surface area (Å²) in [7, 11) is 0. The number of hydrogen-bond donors (Lipinski definition) is 0. The molecular formula is C15H11BrCl2N2. The fourth-order valence-corrected chi connectivity index (χ4v) is 3.68. The van der Waals surface area contributed by atoms with E-state index in [-0.39, 0.29) is 0 Å². The third-order valence-electron chi connectivity index (χ3n) is 3.21. The van der Waals surface area contributed by atoms with Crippen LogP contribution in [0.2, 0.25) is 10.0 Å². The number of aromatic nitrogens is 2. The van der Waals surface area contributed by atoms with Crippen molar-refractivity contribution in [1.29, 1.82) is 0 Å². The Morgan fingerprint density at radius 1 is 1.10 bits per heavy atom. The minimum absolute atomic E-state index is 0.588. The van der Waals surface area contributed by atoms with Crippen molar-refractivity contribution < 1.29 is 0 Å². The molecule has 0 saturated heterocycles. The van der Waals surface area contributed by atoms with Gasteiger partial charge in [-0.1, -0.05) is 39.1 Å². The van der Waals surface area contributed by atoms with E-state index < -0.39 is 0 Å². The maximum atomic E-state index is 6.36. The van der Waals surface area contributed by atoms with Crippen LogP contribution in [0.1, 0.15) is 11.3 Å². The molecule has 2 aromatic heterocycles. The molecule has 0 unspecified atom stereocenters. The molecule has 3 rings (SSSR count). The van der Waals surface area contributed by atoms with E-state index in [4.69, 9.17) is 23.2 Å². The van der Waals surface area contributed by atoms with Gasteiger partial charge in [0.2, 0.25) is 0 Å². The maximum Gasteiger partial charge on any atom is 0.145 e. The predicted octanol–water partition coefficient (Wildman–Crippen LogP) is 5.71. The van der Waals surface area contributed by atoms with Gasteiger partial charge in [0.15, 0.2) is 0 Å². The van der Waals surface area contributed by atoms with Gasteiger partial charge in [0.25, 0.3) is 0 Å². The highest BCUT2D eigenvalue weighted by Crippen LogP contribution is 2.35. The van der Waals surface area contributed by atoms with Crippen molar-refractivity contribution in [2.45, 2.75) is 13.8 Å². The van der Waals surface area contributed by atoms with Crippen LogP contribution in [-0.4, -0.2) is 9.55 Å². The van der Waals surface area contributed by atoms with E-state index in [1.165, 1.54) is 0 Å². The zero-order chi connectivity index (χ0) is 14.4. The number of pyridine rings is 1. The number of nitrogens with zero attached hydrogens (tertiary/aromatic N) is 2. The summed E-state index contributed by atoms with van der Waals surface area (Å²) in [6, 6.07) is 7.74. The lowest BCUT2D eigenvalue weighted by Crippen LogP contribution is -1.97. The Kier molecular flexibility index (Phi) is 3.53. The van der Waals surface area contributed by atoms with Gasteiger partial charge in [-0.3, -0.25) is 4.57 Å². The van der Waals surface area contributed by atoms with Crippen molar-refractivity contribution in [3.05, 3.63) is 56.2 Å². The zero-order valence-corrected chi connectivity index (χ0v) is 14.0. The van der Waals surface area contributed by atoms with E-state index in [1.54, 1.807) is 0 Å². The summed E-state index contributed by atoms with van der Waals surface area (Å²) in [5.74, 6) is 0. The van der Waals surface area contributed by atoms with Gasteiger partial charge >= 0.3 is 0 Å². The standard InChI is InChI=1S/C15H11BrCl2N2/c1-8-7-20(15-11(8)4-3-9(2)19-15)14-12(17)5-10(16)6-13(14)18/h3-7H,1-2H3. The number of rotatable bonds is 1. The smallest absolute Gasteiger partial charge is 0.145 e. The molecule has 102 valence electrons. The van der Waals surface area contributed by atoms with Crippen molar-refractivity contribution in [1.82, 2.24) is 9.55 Å². The molecule has 0 spiro atoms. The Labute approximate surface area is 135 Å². The van der Waals surface area contributed by atoms with Crippen LogP contribution in [0.5, 0.6) is 0 Å². The van der Waals surface area contributed by atoms with Gasteiger partial charge < -0.3 is 0 Å². The van der Waals surface area contributed by atoms with E-state index in [0.717, 1.165) is 32.5 Å². The van der Waals surface area contributed by atoms with Crippen molar-refractivity contribution >= 4 is 50.2 Å². The van der Waals surface area contributed by atoms with Crippen LogP contribution in [0.25, 0.3) is 16.7 Å². The van der Waals surface area contributed by atoms with Crippen LogP contribution in [0.3, 0.4) is 0 Å². The lowest BCUT2D eigenvalue weighted by molar-refractivity contribution is 1.07. The van der Waals surface area contributed by atoms with Gasteiger partial charge in [-0.25, -0.2) is 4.98 Å². The first-order chi connectivity index (χ1) is 9.47. The molecule has 0 radical (unpaired) electrons. The average molecular weight is 370 g/mol. The van der Waals surface area contributed by atoms with Crippen LogP contribution >= 0.6 is 39.1 Å². The third kappa shape index (κ3) is 2.24. The largest absolute Gasteiger partial charge is 0.298 e. The fourth-order valence-electron chi connectivity index (χ4n) is 2.29. The fraction of sp³-hybridized carbons (Fsp3) is 0.133. The summed E-state index contributed by atoms with van der Waals surface area (Å²) >= 11 is 16.1. The normalized spacial score (nSPS) is 11.2. The van der Waals surface area contributed by atoms with Crippen molar-refractivity contribution in [3.63, 3.8) is 0 Å². The summed E-state index contributed by atoms with van der Waals surface area (Å²) in [6.07, 6.45) is 2.01. The van der Waals surface area contributed by atoms with E-state index >= 15 is 0 Å². The summed E-state index contributed by atoms with van der Waals surface area (Å²) in [6.45, 7) is 4.02. The minimum Gasteiger partial charge on any atom is -0.298 e. The van der Waals surface area contributed by atoms with Crippen LogP contribution in [-0.2, 0) is 0 Å². The first kappa shape index (κ1) is 13.9. The second-order valence-electron chi connectivity index (χ2n) is 4.72. The molecule has 20 heavy (non-hydrogen) atoms. The Morgan fingerprint density at radius 2 is 1.75 bits per heavy atom. The van der Waals surface area contributed by atoms with E-state index in [2.05, 4.69) is 33.9 Å². The molecule has 0 aliphatic heterocycles.